The van der Waals surface area contributed by atoms with Gasteiger partial charge >= 0.3 is 0 Å². The number of hydrogen-bond donors (Lipinski definition) is 1. The maximum atomic E-state index is 10.6. The van der Waals surface area contributed by atoms with Crippen LogP contribution in [0.4, 0.5) is 0 Å². The molecule has 0 unspecified atom stereocenters. The lowest BCUT2D eigenvalue weighted by Crippen LogP contribution is -1.82. The smallest absolute Gasteiger partial charge is 0.186 e. The first-order valence-corrected chi connectivity index (χ1v) is 5.54. The van der Waals surface area contributed by atoms with Gasteiger partial charge in [-0.05, 0) is 31.6 Å². The molecule has 0 amide bonds. The van der Waals surface area contributed by atoms with E-state index in [1.807, 2.05) is 19.1 Å². The fraction of sp³-hybridized carbons (Fsp3) is 0.364. The minimum atomic E-state index is 0.161. The van der Waals surface area contributed by atoms with Crippen LogP contribution < -0.4 is 0 Å². The average Bonchev–Trinajstić information content (AvgIpc) is 2.39. The number of hydrogen-bond acceptors (Lipinski definition) is 2. The second-order valence-corrected chi connectivity index (χ2v) is 4.45. The number of nitrogens with one attached hydrogen (secondary N) is 1. The van der Waals surface area contributed by atoms with Crippen molar-refractivity contribution in [3.63, 3.8) is 0 Å². The Balaban J connectivity index is 2.51. The average molecular weight is 209 g/mol. The van der Waals surface area contributed by atoms with E-state index in [1.165, 1.54) is 23.0 Å². The van der Waals surface area contributed by atoms with Crippen molar-refractivity contribution < 1.29 is 4.79 Å². The third-order valence-electron chi connectivity index (χ3n) is 1.86. The van der Waals surface area contributed by atoms with Crippen LogP contribution >= 0.6 is 11.8 Å². The topological polar surface area (TPSA) is 32.9 Å². The molecule has 0 aliphatic heterocycles. The third kappa shape index (κ3) is 3.42. The minimum Gasteiger partial charge on any atom is -0.359 e. The Bertz CT molecular complexity index is 352. The lowest BCUT2D eigenvalue weighted by atomic mass is 10.2. The Hall–Kier alpha value is -0.960. The van der Waals surface area contributed by atoms with Gasteiger partial charge < -0.3 is 4.98 Å². The zero-order valence-electron chi connectivity index (χ0n) is 8.76. The highest BCUT2D eigenvalue weighted by atomic mass is 32.2. The molecular formula is C11H15NOS. The monoisotopic (exact) mass is 209 g/mol. The summed E-state index contributed by atoms with van der Waals surface area (Å²) in [7, 11) is 0. The summed E-state index contributed by atoms with van der Waals surface area (Å²) in [6.45, 7) is 5.69. The largest absolute Gasteiger partial charge is 0.359 e. The first kappa shape index (κ1) is 11.1. The Morgan fingerprint density at radius 1 is 1.57 bits per heavy atom. The molecule has 14 heavy (non-hydrogen) atoms. The third-order valence-corrected chi connectivity index (χ3v) is 2.62. The number of rotatable bonds is 3. The Labute approximate surface area is 88.8 Å². The fourth-order valence-corrected chi connectivity index (χ4v) is 1.68. The van der Waals surface area contributed by atoms with Crippen molar-refractivity contribution in [3.8, 4) is 0 Å². The van der Waals surface area contributed by atoms with Crippen LogP contribution in [0.1, 0.15) is 23.9 Å². The number of carbonyl (C=O) groups is 1. The number of aromatic nitrogens is 1. The van der Waals surface area contributed by atoms with E-state index in [-0.39, 0.29) is 5.12 Å². The molecule has 76 valence electrons. The fourth-order valence-electron chi connectivity index (χ4n) is 1.25. The van der Waals surface area contributed by atoms with Gasteiger partial charge in [0.1, 0.15) is 0 Å². The molecule has 0 aliphatic carbocycles. The summed E-state index contributed by atoms with van der Waals surface area (Å²) in [6.07, 6.45) is 4.03. The normalized spacial score (nSPS) is 11.1. The Kier molecular flexibility index (Phi) is 4.01. The number of carbonyl (C=O) groups excluding carboxylic acids is 1. The SMILES string of the molecule is CC(=O)SCC=Cc1[nH]c(C)cc1C. The number of aromatic amines is 1. The molecular weight excluding hydrogens is 194 g/mol. The number of thioether (sulfide) groups is 1. The van der Waals surface area contributed by atoms with Crippen molar-refractivity contribution in [2.75, 3.05) is 5.75 Å². The molecule has 0 atom stereocenters. The highest BCUT2D eigenvalue weighted by Crippen LogP contribution is 2.11. The van der Waals surface area contributed by atoms with Crippen LogP contribution in [-0.2, 0) is 4.79 Å². The lowest BCUT2D eigenvalue weighted by Gasteiger charge is -1.91. The van der Waals surface area contributed by atoms with Crippen LogP contribution in [0.15, 0.2) is 12.1 Å². The summed E-state index contributed by atoms with van der Waals surface area (Å²) in [5.41, 5.74) is 3.54. The zero-order chi connectivity index (χ0) is 10.6. The number of H-pyrrole nitrogens is 1. The molecule has 3 heteroatoms. The standard InChI is InChI=1S/C11H15NOS/c1-8-7-9(2)12-11(8)5-4-6-14-10(3)13/h4-5,7,12H,6H2,1-3H3. The van der Waals surface area contributed by atoms with Gasteiger partial charge in [0.2, 0.25) is 0 Å². The second kappa shape index (κ2) is 5.05. The van der Waals surface area contributed by atoms with Gasteiger partial charge in [0.25, 0.3) is 0 Å². The van der Waals surface area contributed by atoms with Crippen molar-refractivity contribution in [2.24, 2.45) is 0 Å². The van der Waals surface area contributed by atoms with Crippen LogP contribution in [0.5, 0.6) is 0 Å². The zero-order valence-corrected chi connectivity index (χ0v) is 9.57. The van der Waals surface area contributed by atoms with Gasteiger partial charge in [-0.1, -0.05) is 17.8 Å². The van der Waals surface area contributed by atoms with Crippen molar-refractivity contribution in [2.45, 2.75) is 20.8 Å². The molecule has 0 saturated carbocycles. The summed E-state index contributed by atoms with van der Waals surface area (Å²) in [6, 6.07) is 2.11. The highest BCUT2D eigenvalue weighted by molar-refractivity contribution is 8.13. The van der Waals surface area contributed by atoms with Crippen molar-refractivity contribution in [1.29, 1.82) is 0 Å². The quantitative estimate of drug-likeness (QED) is 0.830. The van der Waals surface area contributed by atoms with Crippen LogP contribution in [0, 0.1) is 13.8 Å². The van der Waals surface area contributed by atoms with Gasteiger partial charge in [-0.15, -0.1) is 0 Å². The second-order valence-electron chi connectivity index (χ2n) is 3.25. The van der Waals surface area contributed by atoms with Crippen LogP contribution in [0.2, 0.25) is 0 Å². The molecule has 1 heterocycles. The van der Waals surface area contributed by atoms with E-state index in [0.717, 1.165) is 11.4 Å². The molecule has 1 aromatic rings. The van der Waals surface area contributed by atoms with E-state index in [9.17, 15) is 4.79 Å². The van der Waals surface area contributed by atoms with Crippen molar-refractivity contribution >= 4 is 23.0 Å². The molecule has 2 nitrogen and oxygen atoms in total. The maximum absolute atomic E-state index is 10.6. The molecule has 1 N–H and O–H groups in total. The molecule has 0 radical (unpaired) electrons. The van der Waals surface area contributed by atoms with Gasteiger partial charge in [-0.3, -0.25) is 4.79 Å². The highest BCUT2D eigenvalue weighted by Gasteiger charge is 1.96. The summed E-state index contributed by atoms with van der Waals surface area (Å²) in [5, 5.41) is 0.161. The lowest BCUT2D eigenvalue weighted by molar-refractivity contribution is -0.109. The van der Waals surface area contributed by atoms with Gasteiger partial charge in [0, 0.05) is 24.1 Å². The van der Waals surface area contributed by atoms with E-state index in [0.29, 0.717) is 0 Å². The van der Waals surface area contributed by atoms with Crippen LogP contribution in [0.25, 0.3) is 6.08 Å². The van der Waals surface area contributed by atoms with Gasteiger partial charge in [-0.25, -0.2) is 0 Å². The summed E-state index contributed by atoms with van der Waals surface area (Å²) in [5.74, 6) is 0.743. The first-order valence-electron chi connectivity index (χ1n) is 4.55. The van der Waals surface area contributed by atoms with Crippen molar-refractivity contribution in [3.05, 3.63) is 29.1 Å². The maximum Gasteiger partial charge on any atom is 0.186 e. The first-order chi connectivity index (χ1) is 6.59. The van der Waals surface area contributed by atoms with Gasteiger partial charge in [0.15, 0.2) is 5.12 Å². The van der Waals surface area contributed by atoms with Crippen molar-refractivity contribution in [1.82, 2.24) is 4.98 Å². The molecule has 0 bridgehead atoms. The Morgan fingerprint density at radius 3 is 2.79 bits per heavy atom. The summed E-state index contributed by atoms with van der Waals surface area (Å²) in [4.78, 5) is 13.9. The summed E-state index contributed by atoms with van der Waals surface area (Å²) < 4.78 is 0. The molecule has 0 fully saturated rings. The van der Waals surface area contributed by atoms with E-state index >= 15 is 0 Å². The molecule has 1 aromatic heterocycles. The van der Waals surface area contributed by atoms with E-state index in [4.69, 9.17) is 0 Å². The predicted octanol–water partition coefficient (Wildman–Crippen LogP) is 2.92. The molecule has 0 aromatic carbocycles. The molecule has 1 rings (SSSR count). The van der Waals surface area contributed by atoms with Crippen LogP contribution in [-0.4, -0.2) is 15.9 Å². The predicted molar refractivity (Wildman–Crippen MR) is 62.4 cm³/mol. The van der Waals surface area contributed by atoms with E-state index < -0.39 is 0 Å². The Morgan fingerprint density at radius 2 is 2.29 bits per heavy atom. The summed E-state index contributed by atoms with van der Waals surface area (Å²) >= 11 is 1.32. The van der Waals surface area contributed by atoms with E-state index in [1.54, 1.807) is 6.92 Å². The number of aryl methyl sites for hydroxylation is 2. The molecule has 0 saturated heterocycles. The molecule has 0 spiro atoms. The van der Waals surface area contributed by atoms with Gasteiger partial charge in [0.05, 0.1) is 0 Å². The molecule has 0 aliphatic rings. The minimum absolute atomic E-state index is 0.161. The van der Waals surface area contributed by atoms with Crippen LogP contribution in [0.3, 0.4) is 0 Å². The van der Waals surface area contributed by atoms with Gasteiger partial charge in [-0.2, -0.15) is 0 Å². The van der Waals surface area contributed by atoms with E-state index in [2.05, 4.69) is 18.0 Å².